The third kappa shape index (κ3) is 8.21. The lowest BCUT2D eigenvalue weighted by Gasteiger charge is -2.25. The Morgan fingerprint density at radius 3 is 2.71 bits per heavy atom. The minimum Gasteiger partial charge on any atom is -0.493 e. The lowest BCUT2D eigenvalue weighted by Crippen LogP contribution is -2.24. The van der Waals surface area contributed by atoms with E-state index in [0.717, 1.165) is 48.8 Å². The van der Waals surface area contributed by atoms with Gasteiger partial charge in [0.15, 0.2) is 0 Å². The van der Waals surface area contributed by atoms with E-state index in [1.807, 2.05) is 24.3 Å². The molecular formula is C21H33ClO2. The van der Waals surface area contributed by atoms with Gasteiger partial charge in [0.2, 0.25) is 0 Å². The Morgan fingerprint density at radius 2 is 2.04 bits per heavy atom. The zero-order valence-corrected chi connectivity index (χ0v) is 16.5. The van der Waals surface area contributed by atoms with Gasteiger partial charge in [-0.25, -0.2) is 0 Å². The quantitative estimate of drug-likeness (QED) is 0.402. The molecule has 136 valence electrons. The van der Waals surface area contributed by atoms with Crippen LogP contribution in [0.3, 0.4) is 0 Å². The molecule has 24 heavy (non-hydrogen) atoms. The van der Waals surface area contributed by atoms with Gasteiger partial charge in [-0.05, 0) is 69.7 Å². The van der Waals surface area contributed by atoms with E-state index in [4.69, 9.17) is 21.1 Å². The average Bonchev–Trinajstić information content (AvgIpc) is 2.49. The number of ether oxygens (including phenoxy) is 2. The fourth-order valence-electron chi connectivity index (χ4n) is 2.86. The summed E-state index contributed by atoms with van der Waals surface area (Å²) in [4.78, 5) is 0. The van der Waals surface area contributed by atoms with Gasteiger partial charge in [0.25, 0.3) is 0 Å². The number of halogens is 1. The first-order valence-electron chi connectivity index (χ1n) is 9.04. The highest BCUT2D eigenvalue weighted by atomic mass is 35.5. The molecule has 0 spiro atoms. The van der Waals surface area contributed by atoms with Crippen molar-refractivity contribution in [2.75, 3.05) is 13.2 Å². The third-order valence-corrected chi connectivity index (χ3v) is 4.50. The molecule has 0 radical (unpaired) electrons. The summed E-state index contributed by atoms with van der Waals surface area (Å²) in [5.41, 5.74) is 1.09. The van der Waals surface area contributed by atoms with Crippen LogP contribution in [0.2, 0.25) is 5.02 Å². The van der Waals surface area contributed by atoms with Crippen molar-refractivity contribution < 1.29 is 9.47 Å². The zero-order valence-electron chi connectivity index (χ0n) is 15.7. The molecule has 1 rings (SSSR count). The monoisotopic (exact) mass is 352 g/mol. The molecule has 1 unspecified atom stereocenters. The normalized spacial score (nSPS) is 12.9. The molecule has 0 aliphatic carbocycles. The minimum absolute atomic E-state index is 0.00608. The first-order valence-corrected chi connectivity index (χ1v) is 9.42. The van der Waals surface area contributed by atoms with Gasteiger partial charge in [-0.2, -0.15) is 0 Å². The van der Waals surface area contributed by atoms with Gasteiger partial charge >= 0.3 is 0 Å². The van der Waals surface area contributed by atoms with Crippen molar-refractivity contribution in [2.24, 2.45) is 5.92 Å². The molecule has 0 bridgehead atoms. The van der Waals surface area contributed by atoms with Crippen molar-refractivity contribution in [2.45, 2.75) is 65.4 Å². The summed E-state index contributed by atoms with van der Waals surface area (Å²) >= 11 is 6.05. The van der Waals surface area contributed by atoms with Crippen molar-refractivity contribution in [3.63, 3.8) is 0 Å². The number of hydrogen-bond acceptors (Lipinski definition) is 2. The van der Waals surface area contributed by atoms with E-state index >= 15 is 0 Å². The lowest BCUT2D eigenvalue weighted by atomic mass is 9.95. The Labute approximate surface area is 153 Å². The molecule has 0 aromatic heterocycles. The topological polar surface area (TPSA) is 18.5 Å². The maximum atomic E-state index is 6.05. The van der Waals surface area contributed by atoms with Crippen LogP contribution < -0.4 is 4.74 Å². The molecule has 0 aliphatic heterocycles. The number of hydrogen-bond donors (Lipinski definition) is 0. The van der Waals surface area contributed by atoms with E-state index in [0.29, 0.717) is 5.92 Å². The number of allylic oxidation sites excluding steroid dienone is 1. The van der Waals surface area contributed by atoms with Crippen LogP contribution in [-0.2, 0) is 11.2 Å². The molecule has 3 heteroatoms. The van der Waals surface area contributed by atoms with E-state index in [9.17, 15) is 0 Å². The van der Waals surface area contributed by atoms with Gasteiger partial charge in [0.1, 0.15) is 5.75 Å². The summed E-state index contributed by atoms with van der Waals surface area (Å²) in [6, 6.07) is 5.79. The van der Waals surface area contributed by atoms with Crippen LogP contribution in [0.1, 0.15) is 58.9 Å². The molecule has 0 saturated carbocycles. The summed E-state index contributed by atoms with van der Waals surface area (Å²) in [6.07, 6.45) is 7.22. The lowest BCUT2D eigenvalue weighted by molar-refractivity contribution is -0.0183. The van der Waals surface area contributed by atoms with Crippen molar-refractivity contribution in [3.05, 3.63) is 41.4 Å². The van der Waals surface area contributed by atoms with Crippen LogP contribution in [0.15, 0.2) is 30.9 Å². The van der Waals surface area contributed by atoms with Gasteiger partial charge in [0, 0.05) is 11.6 Å². The van der Waals surface area contributed by atoms with Gasteiger partial charge in [-0.1, -0.05) is 37.4 Å². The van der Waals surface area contributed by atoms with E-state index in [-0.39, 0.29) is 5.60 Å². The van der Waals surface area contributed by atoms with Gasteiger partial charge in [-0.15, -0.1) is 6.58 Å². The van der Waals surface area contributed by atoms with Crippen molar-refractivity contribution in [1.29, 1.82) is 0 Å². The first-order chi connectivity index (χ1) is 11.4. The van der Waals surface area contributed by atoms with Crippen molar-refractivity contribution in [3.8, 4) is 5.75 Å². The van der Waals surface area contributed by atoms with E-state index in [2.05, 4.69) is 34.3 Å². The highest BCUT2D eigenvalue weighted by molar-refractivity contribution is 6.30. The summed E-state index contributed by atoms with van der Waals surface area (Å²) in [5, 5.41) is 0.740. The standard InChI is InChI=1S/C21H33ClO2/c1-6-9-18-16-19(22)11-12-20(18)23-15-13-17(3)10-8-14-21(4,5)24-7-2/h6,11-12,16-17H,1,7-10,13-15H2,2-5H3. The highest BCUT2D eigenvalue weighted by Crippen LogP contribution is 2.25. The number of rotatable bonds is 12. The highest BCUT2D eigenvalue weighted by Gasteiger charge is 2.17. The Bertz CT molecular complexity index is 497. The molecule has 0 fully saturated rings. The summed E-state index contributed by atoms with van der Waals surface area (Å²) in [6.45, 7) is 14.0. The van der Waals surface area contributed by atoms with Gasteiger partial charge < -0.3 is 9.47 Å². The van der Waals surface area contributed by atoms with Crippen LogP contribution in [0.25, 0.3) is 0 Å². The predicted octanol–water partition coefficient (Wildman–Crippen LogP) is 6.46. The third-order valence-electron chi connectivity index (χ3n) is 4.27. The van der Waals surface area contributed by atoms with Crippen LogP contribution in [0, 0.1) is 5.92 Å². The Balaban J connectivity index is 2.33. The molecule has 0 heterocycles. The van der Waals surface area contributed by atoms with Crippen LogP contribution in [0.5, 0.6) is 5.75 Å². The van der Waals surface area contributed by atoms with Crippen LogP contribution >= 0.6 is 11.6 Å². The second-order valence-electron chi connectivity index (χ2n) is 7.07. The van der Waals surface area contributed by atoms with E-state index in [1.54, 1.807) is 0 Å². The van der Waals surface area contributed by atoms with Gasteiger partial charge in [0.05, 0.1) is 12.2 Å². The van der Waals surface area contributed by atoms with E-state index in [1.165, 1.54) is 12.8 Å². The molecule has 2 nitrogen and oxygen atoms in total. The van der Waals surface area contributed by atoms with E-state index < -0.39 is 0 Å². The molecule has 0 saturated heterocycles. The summed E-state index contributed by atoms with van der Waals surface area (Å²) in [7, 11) is 0. The molecular weight excluding hydrogens is 320 g/mol. The smallest absolute Gasteiger partial charge is 0.122 e. The SMILES string of the molecule is C=CCc1cc(Cl)ccc1OCCC(C)CCCC(C)(C)OCC. The van der Waals surface area contributed by atoms with Crippen molar-refractivity contribution in [1.82, 2.24) is 0 Å². The fraction of sp³-hybridized carbons (Fsp3) is 0.619. The molecule has 1 aromatic carbocycles. The van der Waals surface area contributed by atoms with Crippen LogP contribution in [-0.4, -0.2) is 18.8 Å². The second kappa shape index (κ2) is 10.8. The molecule has 1 atom stereocenters. The second-order valence-corrected chi connectivity index (χ2v) is 7.51. The fourth-order valence-corrected chi connectivity index (χ4v) is 3.05. The van der Waals surface area contributed by atoms with Gasteiger partial charge in [-0.3, -0.25) is 0 Å². The average molecular weight is 353 g/mol. The number of benzene rings is 1. The largest absolute Gasteiger partial charge is 0.493 e. The molecule has 0 N–H and O–H groups in total. The Hall–Kier alpha value is -0.990. The van der Waals surface area contributed by atoms with Crippen LogP contribution in [0.4, 0.5) is 0 Å². The molecule has 0 aliphatic rings. The maximum absolute atomic E-state index is 6.05. The maximum Gasteiger partial charge on any atom is 0.122 e. The summed E-state index contributed by atoms with van der Waals surface area (Å²) < 4.78 is 11.7. The minimum atomic E-state index is -0.00608. The van der Waals surface area contributed by atoms with Crippen molar-refractivity contribution >= 4 is 11.6 Å². The molecule has 1 aromatic rings. The Kier molecular flexibility index (Phi) is 9.46. The predicted molar refractivity (Wildman–Crippen MR) is 104 cm³/mol. The molecule has 0 amide bonds. The first kappa shape index (κ1) is 21.1. The summed E-state index contributed by atoms with van der Waals surface area (Å²) in [5.74, 6) is 1.57. The zero-order chi connectivity index (χ0) is 18.0. The Morgan fingerprint density at radius 1 is 1.29 bits per heavy atom.